The zero-order valence-electron chi connectivity index (χ0n) is 15.7. The number of hydrogen-bond donors (Lipinski definition) is 0. The number of hydrogen-bond acceptors (Lipinski definition) is 6. The van der Waals surface area contributed by atoms with E-state index in [4.69, 9.17) is 4.52 Å². The van der Waals surface area contributed by atoms with Crippen LogP contribution in [-0.4, -0.2) is 49.7 Å². The number of nitrogens with zero attached hydrogens (tertiary/aromatic N) is 4. The van der Waals surface area contributed by atoms with E-state index >= 15 is 0 Å². The molecule has 0 N–H and O–H groups in total. The highest BCUT2D eigenvalue weighted by Gasteiger charge is 2.17. The van der Waals surface area contributed by atoms with Gasteiger partial charge in [0.15, 0.2) is 5.76 Å². The summed E-state index contributed by atoms with van der Waals surface area (Å²) in [7, 11) is -0.231. The molecule has 0 aliphatic carbocycles. The second kappa shape index (κ2) is 7.81. The fraction of sp³-hybridized carbons (Fsp3) is 0.211. The van der Waals surface area contributed by atoms with Crippen LogP contribution in [0, 0.1) is 0 Å². The summed E-state index contributed by atoms with van der Waals surface area (Å²) in [6, 6.07) is 11.8. The normalized spacial score (nSPS) is 11.2. The lowest BCUT2D eigenvalue weighted by atomic mass is 10.1. The number of aromatic nitrogens is 2. The van der Waals surface area contributed by atoms with E-state index in [-0.39, 0.29) is 12.5 Å². The first-order valence-corrected chi connectivity index (χ1v) is 10.3. The molecule has 0 saturated carbocycles. The molecule has 0 unspecified atom stereocenters. The Morgan fingerprint density at radius 2 is 1.71 bits per heavy atom. The first-order valence-electron chi connectivity index (χ1n) is 8.41. The number of amides is 1. The Balaban J connectivity index is 1.69. The van der Waals surface area contributed by atoms with Crippen molar-refractivity contribution in [3.05, 3.63) is 66.2 Å². The first kappa shape index (κ1) is 19.6. The molecule has 3 rings (SSSR count). The molecule has 0 saturated heterocycles. The van der Waals surface area contributed by atoms with Gasteiger partial charge in [-0.3, -0.25) is 14.1 Å². The van der Waals surface area contributed by atoms with Gasteiger partial charge in [0.25, 0.3) is 5.91 Å². The third kappa shape index (κ3) is 4.37. The third-order valence-electron chi connectivity index (χ3n) is 4.25. The molecule has 0 spiro atoms. The van der Waals surface area contributed by atoms with Crippen LogP contribution >= 0.6 is 0 Å². The maximum atomic E-state index is 12.6. The highest BCUT2D eigenvalue weighted by Crippen LogP contribution is 2.20. The molecule has 2 heterocycles. The van der Waals surface area contributed by atoms with Crippen molar-refractivity contribution in [2.45, 2.75) is 6.54 Å². The largest absolute Gasteiger partial charge is 0.359 e. The smallest absolute Gasteiger partial charge is 0.254 e. The number of carbonyl (C=O) groups is 1. The molecule has 1 aromatic carbocycles. The molecule has 0 fully saturated rings. The van der Waals surface area contributed by atoms with Crippen molar-refractivity contribution in [3.8, 4) is 11.3 Å². The Kier molecular flexibility index (Phi) is 5.46. The Morgan fingerprint density at radius 3 is 2.32 bits per heavy atom. The van der Waals surface area contributed by atoms with E-state index in [0.29, 0.717) is 22.7 Å². The first-order chi connectivity index (χ1) is 13.3. The summed E-state index contributed by atoms with van der Waals surface area (Å²) in [5, 5.41) is 4.02. The summed E-state index contributed by atoms with van der Waals surface area (Å²) in [6.07, 6.45) is 4.46. The topological polar surface area (TPSA) is 96.6 Å². The van der Waals surface area contributed by atoms with Gasteiger partial charge in [-0.1, -0.05) is 5.16 Å². The van der Waals surface area contributed by atoms with Crippen LogP contribution in [-0.2, 0) is 16.6 Å². The van der Waals surface area contributed by atoms with Crippen LogP contribution in [0.25, 0.3) is 11.3 Å². The summed E-state index contributed by atoms with van der Waals surface area (Å²) in [4.78, 5) is 18.1. The lowest BCUT2D eigenvalue weighted by molar-refractivity contribution is 0.0772. The van der Waals surface area contributed by atoms with E-state index in [1.54, 1.807) is 49.8 Å². The maximum Gasteiger partial charge on any atom is 0.254 e. The van der Waals surface area contributed by atoms with Gasteiger partial charge in [-0.25, -0.2) is 8.42 Å². The summed E-state index contributed by atoms with van der Waals surface area (Å²) >= 11 is 0. The zero-order chi connectivity index (χ0) is 20.3. The van der Waals surface area contributed by atoms with Crippen LogP contribution in [0.5, 0.6) is 0 Å². The molecule has 8 nitrogen and oxygen atoms in total. The Hall–Kier alpha value is -3.20. The van der Waals surface area contributed by atoms with Gasteiger partial charge < -0.3 is 9.42 Å². The highest BCUT2D eigenvalue weighted by molar-refractivity contribution is 7.92. The van der Waals surface area contributed by atoms with Crippen LogP contribution in [0.15, 0.2) is 59.4 Å². The van der Waals surface area contributed by atoms with Crippen molar-refractivity contribution in [2.24, 2.45) is 0 Å². The van der Waals surface area contributed by atoms with Gasteiger partial charge in [0, 0.05) is 43.7 Å². The van der Waals surface area contributed by atoms with E-state index in [2.05, 4.69) is 10.1 Å². The zero-order valence-corrected chi connectivity index (χ0v) is 16.5. The molecule has 0 aliphatic heterocycles. The molecule has 2 aromatic heterocycles. The van der Waals surface area contributed by atoms with Gasteiger partial charge in [0.1, 0.15) is 5.69 Å². The third-order valence-corrected chi connectivity index (χ3v) is 5.46. The predicted octanol–water partition coefficient (Wildman–Crippen LogP) is 2.40. The molecular weight excluding hydrogens is 380 g/mol. The minimum Gasteiger partial charge on any atom is -0.359 e. The van der Waals surface area contributed by atoms with Crippen molar-refractivity contribution < 1.29 is 17.7 Å². The number of rotatable bonds is 6. The van der Waals surface area contributed by atoms with E-state index in [0.717, 1.165) is 16.1 Å². The number of pyridine rings is 1. The Morgan fingerprint density at radius 1 is 1.07 bits per heavy atom. The molecule has 0 atom stereocenters. The quantitative estimate of drug-likeness (QED) is 0.630. The van der Waals surface area contributed by atoms with E-state index in [9.17, 15) is 13.2 Å². The highest BCUT2D eigenvalue weighted by atomic mass is 32.2. The number of carbonyl (C=O) groups excluding carboxylic acids is 1. The Bertz CT molecular complexity index is 1060. The van der Waals surface area contributed by atoms with Crippen LogP contribution in [0.1, 0.15) is 16.1 Å². The van der Waals surface area contributed by atoms with Crippen LogP contribution in [0.4, 0.5) is 5.69 Å². The van der Waals surface area contributed by atoms with Crippen molar-refractivity contribution in [3.63, 3.8) is 0 Å². The summed E-state index contributed by atoms with van der Waals surface area (Å²) in [6.45, 7) is 0.252. The summed E-state index contributed by atoms with van der Waals surface area (Å²) in [5.41, 5.74) is 2.48. The van der Waals surface area contributed by atoms with Crippen LogP contribution in [0.3, 0.4) is 0 Å². The van der Waals surface area contributed by atoms with Gasteiger partial charge in [0.2, 0.25) is 10.0 Å². The summed E-state index contributed by atoms with van der Waals surface area (Å²) in [5.74, 6) is 0.339. The molecule has 1 amide bonds. The van der Waals surface area contributed by atoms with Crippen LogP contribution in [0.2, 0.25) is 0 Å². The van der Waals surface area contributed by atoms with Crippen LogP contribution < -0.4 is 4.31 Å². The van der Waals surface area contributed by atoms with E-state index in [1.807, 2.05) is 12.1 Å². The van der Waals surface area contributed by atoms with E-state index < -0.39 is 10.0 Å². The minimum absolute atomic E-state index is 0.213. The molecule has 146 valence electrons. The molecule has 0 aliphatic rings. The molecule has 28 heavy (non-hydrogen) atoms. The number of anilines is 1. The Labute approximate surface area is 163 Å². The van der Waals surface area contributed by atoms with E-state index in [1.165, 1.54) is 11.9 Å². The van der Waals surface area contributed by atoms with Gasteiger partial charge >= 0.3 is 0 Å². The number of sulfonamides is 1. The van der Waals surface area contributed by atoms with Crippen molar-refractivity contribution >= 4 is 21.6 Å². The lowest BCUT2D eigenvalue weighted by Crippen LogP contribution is -2.27. The standard InChI is InChI=1S/C19H20N4O4S/c1-22(13-17-12-18(21-27-17)14-8-10-20-11-9-14)19(24)15-4-6-16(7-5-15)23(2)28(3,25)26/h4-12H,13H2,1-3H3. The fourth-order valence-electron chi connectivity index (χ4n) is 2.58. The fourth-order valence-corrected chi connectivity index (χ4v) is 3.08. The second-order valence-corrected chi connectivity index (χ2v) is 8.37. The molecule has 0 bridgehead atoms. The molecule has 0 radical (unpaired) electrons. The van der Waals surface area contributed by atoms with Crippen molar-refractivity contribution in [2.75, 3.05) is 24.7 Å². The molecule has 9 heteroatoms. The molecule has 3 aromatic rings. The maximum absolute atomic E-state index is 12.6. The van der Waals surface area contributed by atoms with Gasteiger partial charge in [-0.2, -0.15) is 0 Å². The van der Waals surface area contributed by atoms with Crippen molar-refractivity contribution in [1.82, 2.24) is 15.0 Å². The minimum atomic E-state index is -3.35. The van der Waals surface area contributed by atoms with Gasteiger partial charge in [-0.15, -0.1) is 0 Å². The van der Waals surface area contributed by atoms with Gasteiger partial charge in [0.05, 0.1) is 18.5 Å². The van der Waals surface area contributed by atoms with Gasteiger partial charge in [-0.05, 0) is 36.4 Å². The average molecular weight is 400 g/mol. The average Bonchev–Trinajstić information content (AvgIpc) is 3.15. The predicted molar refractivity (Wildman–Crippen MR) is 105 cm³/mol. The molecular formula is C19H20N4O4S. The monoisotopic (exact) mass is 400 g/mol. The SMILES string of the molecule is CN(Cc1cc(-c2ccncc2)no1)C(=O)c1ccc(N(C)S(C)(=O)=O)cc1. The van der Waals surface area contributed by atoms with Crippen molar-refractivity contribution in [1.29, 1.82) is 0 Å². The number of benzene rings is 1. The second-order valence-electron chi connectivity index (χ2n) is 6.35. The summed E-state index contributed by atoms with van der Waals surface area (Å²) < 4.78 is 29.7. The lowest BCUT2D eigenvalue weighted by Gasteiger charge is -2.18.